The number of para-hydroxylation sites is 1. The number of rotatable bonds is 7. The van der Waals surface area contributed by atoms with Gasteiger partial charge in [0.25, 0.3) is 10.0 Å². The fraction of sp³-hybridized carbons (Fsp3) is 0.174. The van der Waals surface area contributed by atoms with Crippen molar-refractivity contribution in [3.05, 3.63) is 95.8 Å². The van der Waals surface area contributed by atoms with Crippen LogP contribution in [0.4, 0.5) is 10.1 Å². The minimum atomic E-state index is -4.06. The largest absolute Gasteiger partial charge is 0.283 e. The molecule has 33 heavy (non-hydrogen) atoms. The fourth-order valence-electron chi connectivity index (χ4n) is 3.60. The molecule has 0 aromatic heterocycles. The predicted molar refractivity (Wildman–Crippen MR) is 125 cm³/mol. The zero-order valence-corrected chi connectivity index (χ0v) is 19.4. The molecule has 1 aliphatic heterocycles. The van der Waals surface area contributed by atoms with E-state index in [4.69, 9.17) is 0 Å². The normalized spacial score (nSPS) is 16.5. The van der Waals surface area contributed by atoms with E-state index >= 15 is 0 Å². The van der Waals surface area contributed by atoms with Gasteiger partial charge in [0, 0.05) is 12.0 Å². The Balaban J connectivity index is 1.83. The van der Waals surface area contributed by atoms with E-state index in [1.165, 1.54) is 37.3 Å². The molecular weight excluding hydrogens is 465 g/mol. The lowest BCUT2D eigenvalue weighted by atomic mass is 9.98. The van der Waals surface area contributed by atoms with Gasteiger partial charge in [-0.15, -0.1) is 0 Å². The maximum absolute atomic E-state index is 14.0. The summed E-state index contributed by atoms with van der Waals surface area (Å²) < 4.78 is 68.7. The quantitative estimate of drug-likeness (QED) is 0.542. The highest BCUT2D eigenvalue weighted by atomic mass is 32.2. The van der Waals surface area contributed by atoms with Gasteiger partial charge < -0.3 is 0 Å². The zero-order valence-electron chi connectivity index (χ0n) is 17.7. The van der Waals surface area contributed by atoms with Crippen molar-refractivity contribution in [2.75, 3.05) is 10.5 Å². The molecule has 0 spiro atoms. The van der Waals surface area contributed by atoms with Crippen LogP contribution in [0.25, 0.3) is 0 Å². The molecule has 0 fully saturated rings. The van der Waals surface area contributed by atoms with Crippen molar-refractivity contribution in [2.24, 2.45) is 5.10 Å². The topological polar surface area (TPSA) is 95.9 Å². The number of sulfonamides is 2. The molecule has 1 atom stereocenters. The van der Waals surface area contributed by atoms with E-state index in [-0.39, 0.29) is 17.1 Å². The molecule has 0 amide bonds. The van der Waals surface area contributed by atoms with E-state index < -0.39 is 31.9 Å². The third-order valence-corrected chi connectivity index (χ3v) is 8.26. The lowest BCUT2D eigenvalue weighted by molar-refractivity contribution is 0.370. The molecule has 0 unspecified atom stereocenters. The molecule has 7 nitrogen and oxygen atoms in total. The Morgan fingerprint density at radius 3 is 2.36 bits per heavy atom. The van der Waals surface area contributed by atoms with Crippen LogP contribution >= 0.6 is 0 Å². The molecule has 3 aromatic carbocycles. The molecule has 0 aliphatic carbocycles. The summed E-state index contributed by atoms with van der Waals surface area (Å²) >= 11 is 0. The van der Waals surface area contributed by atoms with Crippen LogP contribution in [0.1, 0.15) is 30.5 Å². The number of nitrogens with zero attached hydrogens (tertiary/aromatic N) is 2. The van der Waals surface area contributed by atoms with Crippen molar-refractivity contribution in [1.29, 1.82) is 0 Å². The summed E-state index contributed by atoms with van der Waals surface area (Å²) in [7, 11) is -7.62. The summed E-state index contributed by atoms with van der Waals surface area (Å²) in [5.74, 6) is -0.608. The van der Waals surface area contributed by atoms with Gasteiger partial charge in [-0.1, -0.05) is 48.5 Å². The molecular formula is C23H22FN3O4S2. The maximum atomic E-state index is 14.0. The number of hydrogen-bond acceptors (Lipinski definition) is 5. The first kappa shape index (κ1) is 22.9. The lowest BCUT2D eigenvalue weighted by Crippen LogP contribution is -2.27. The highest BCUT2D eigenvalue weighted by molar-refractivity contribution is 7.92. The molecule has 0 saturated heterocycles. The SMILES string of the molecule is CCS(=O)(=O)Nc1ccccc1C1=NN(S(=O)(=O)c2ccccc2)[C@@H](c2cccc(F)c2)C1. The van der Waals surface area contributed by atoms with Crippen molar-refractivity contribution in [1.82, 2.24) is 4.41 Å². The zero-order chi connectivity index (χ0) is 23.6. The third-order valence-electron chi connectivity index (χ3n) is 5.28. The smallest absolute Gasteiger partial charge is 0.279 e. The molecule has 1 aliphatic rings. The summed E-state index contributed by atoms with van der Waals surface area (Å²) in [5.41, 5.74) is 1.58. The van der Waals surface area contributed by atoms with Gasteiger partial charge in [-0.3, -0.25) is 4.72 Å². The van der Waals surface area contributed by atoms with E-state index in [0.717, 1.165) is 4.41 Å². The monoisotopic (exact) mass is 487 g/mol. The van der Waals surface area contributed by atoms with Crippen molar-refractivity contribution in [3.63, 3.8) is 0 Å². The van der Waals surface area contributed by atoms with Gasteiger partial charge in [0.15, 0.2) is 0 Å². The molecule has 172 valence electrons. The maximum Gasteiger partial charge on any atom is 0.279 e. The molecule has 0 bridgehead atoms. The molecule has 0 radical (unpaired) electrons. The second-order valence-corrected chi connectivity index (χ2v) is 11.3. The first-order valence-corrected chi connectivity index (χ1v) is 13.3. The van der Waals surface area contributed by atoms with Crippen LogP contribution in [-0.4, -0.2) is 32.7 Å². The summed E-state index contributed by atoms with van der Waals surface area (Å²) in [6, 6.07) is 19.4. The molecule has 1 heterocycles. The van der Waals surface area contributed by atoms with Gasteiger partial charge in [-0.25, -0.2) is 12.8 Å². The first-order chi connectivity index (χ1) is 15.7. The van der Waals surface area contributed by atoms with Gasteiger partial charge >= 0.3 is 0 Å². The Bertz CT molecular complexity index is 1410. The Labute approximate surface area is 192 Å². The second kappa shape index (κ2) is 8.95. The third kappa shape index (κ3) is 4.76. The summed E-state index contributed by atoms with van der Waals surface area (Å²) in [4.78, 5) is 0.0522. The number of hydrogen-bond donors (Lipinski definition) is 1. The highest BCUT2D eigenvalue weighted by Crippen LogP contribution is 2.38. The summed E-state index contributed by atoms with van der Waals surface area (Å²) in [5, 5.41) is 4.42. The Morgan fingerprint density at radius 1 is 0.970 bits per heavy atom. The number of hydrazone groups is 1. The number of anilines is 1. The van der Waals surface area contributed by atoms with E-state index in [1.54, 1.807) is 48.5 Å². The molecule has 3 aromatic rings. The Kier molecular flexibility index (Phi) is 6.22. The Hall–Kier alpha value is -3.24. The van der Waals surface area contributed by atoms with E-state index in [9.17, 15) is 21.2 Å². The van der Waals surface area contributed by atoms with Crippen LogP contribution in [0.3, 0.4) is 0 Å². The average molecular weight is 488 g/mol. The molecule has 1 N–H and O–H groups in total. The first-order valence-electron chi connectivity index (χ1n) is 10.2. The summed E-state index contributed by atoms with van der Waals surface area (Å²) in [6.45, 7) is 1.52. The molecule has 0 saturated carbocycles. The van der Waals surface area contributed by atoms with Gasteiger partial charge in [0.1, 0.15) is 5.82 Å². The van der Waals surface area contributed by atoms with E-state index in [2.05, 4.69) is 9.82 Å². The molecule has 4 rings (SSSR count). The standard InChI is InChI=1S/C23H22FN3O4S2/c1-2-32(28,29)26-21-14-7-6-13-20(21)22-16-23(17-9-8-10-18(24)15-17)27(25-22)33(30,31)19-11-4-3-5-12-19/h3-15,23,26H,2,16H2,1H3/t23-/m1/s1. The van der Waals surface area contributed by atoms with Crippen LogP contribution in [-0.2, 0) is 20.0 Å². The molecule has 10 heteroatoms. The number of benzene rings is 3. The van der Waals surface area contributed by atoms with Crippen LogP contribution in [0.5, 0.6) is 0 Å². The van der Waals surface area contributed by atoms with Crippen LogP contribution < -0.4 is 4.72 Å². The number of halogens is 1. The van der Waals surface area contributed by atoms with Gasteiger partial charge in [-0.2, -0.15) is 17.9 Å². The van der Waals surface area contributed by atoms with Gasteiger partial charge in [0.05, 0.1) is 28.1 Å². The fourth-order valence-corrected chi connectivity index (χ4v) is 5.71. The predicted octanol–water partition coefficient (Wildman–Crippen LogP) is 4.13. The average Bonchev–Trinajstić information content (AvgIpc) is 3.26. The van der Waals surface area contributed by atoms with Crippen molar-refractivity contribution >= 4 is 31.4 Å². The van der Waals surface area contributed by atoms with Crippen molar-refractivity contribution in [3.8, 4) is 0 Å². The Morgan fingerprint density at radius 2 is 1.67 bits per heavy atom. The van der Waals surface area contributed by atoms with Gasteiger partial charge in [-0.05, 0) is 42.8 Å². The minimum absolute atomic E-state index is 0.0522. The highest BCUT2D eigenvalue weighted by Gasteiger charge is 2.38. The van der Waals surface area contributed by atoms with Gasteiger partial charge in [0.2, 0.25) is 10.0 Å². The minimum Gasteiger partial charge on any atom is -0.283 e. The van der Waals surface area contributed by atoms with Crippen molar-refractivity contribution in [2.45, 2.75) is 24.3 Å². The van der Waals surface area contributed by atoms with E-state index in [1.807, 2.05) is 0 Å². The summed E-state index contributed by atoms with van der Waals surface area (Å²) in [6.07, 6.45) is 0.139. The van der Waals surface area contributed by atoms with Crippen LogP contribution in [0, 0.1) is 5.82 Å². The van der Waals surface area contributed by atoms with E-state index in [0.29, 0.717) is 22.5 Å². The second-order valence-electron chi connectivity index (χ2n) is 7.46. The lowest BCUT2D eigenvalue weighted by Gasteiger charge is -2.23. The number of nitrogens with one attached hydrogen (secondary N) is 1. The van der Waals surface area contributed by atoms with Crippen LogP contribution in [0.15, 0.2) is 88.9 Å². The van der Waals surface area contributed by atoms with Crippen LogP contribution in [0.2, 0.25) is 0 Å². The van der Waals surface area contributed by atoms with Crippen molar-refractivity contribution < 1.29 is 21.2 Å².